The Labute approximate surface area is 275 Å². The molecule has 0 aliphatic rings. The summed E-state index contributed by atoms with van der Waals surface area (Å²) >= 11 is 1.82. The lowest BCUT2D eigenvalue weighted by atomic mass is 9.96. The van der Waals surface area contributed by atoms with Crippen LogP contribution in [0.1, 0.15) is 0 Å². The number of aromatic nitrogens is 4. The first-order valence-electron chi connectivity index (χ1n) is 15.6. The molecule has 47 heavy (non-hydrogen) atoms. The highest BCUT2D eigenvalue weighted by Crippen LogP contribution is 2.44. The average Bonchev–Trinajstić information content (AvgIpc) is 3.55. The molecule has 5 heteroatoms. The fourth-order valence-corrected chi connectivity index (χ4v) is 7.64. The highest BCUT2D eigenvalue weighted by Gasteiger charge is 2.18. The van der Waals surface area contributed by atoms with Crippen LogP contribution in [0.3, 0.4) is 0 Å². The molecule has 0 N–H and O–H groups in total. The first kappa shape index (κ1) is 27.3. The predicted molar refractivity (Wildman–Crippen MR) is 195 cm³/mol. The Morgan fingerprint density at radius 2 is 0.957 bits per heavy atom. The van der Waals surface area contributed by atoms with Crippen molar-refractivity contribution < 1.29 is 0 Å². The van der Waals surface area contributed by atoms with Crippen LogP contribution in [-0.4, -0.2) is 19.9 Å². The number of rotatable bonds is 5. The molecule has 9 rings (SSSR count). The second-order valence-corrected chi connectivity index (χ2v) is 12.5. The summed E-state index contributed by atoms with van der Waals surface area (Å²) in [6.45, 7) is 0. The number of hydrogen-bond donors (Lipinski definition) is 0. The smallest absolute Gasteiger partial charge is 0.164 e. The van der Waals surface area contributed by atoms with Crippen LogP contribution in [0, 0.1) is 0 Å². The van der Waals surface area contributed by atoms with Crippen LogP contribution in [0.2, 0.25) is 0 Å². The van der Waals surface area contributed by atoms with Gasteiger partial charge in [0.2, 0.25) is 0 Å². The van der Waals surface area contributed by atoms with Crippen molar-refractivity contribution in [3.05, 3.63) is 158 Å². The van der Waals surface area contributed by atoms with E-state index in [0.717, 1.165) is 27.6 Å². The van der Waals surface area contributed by atoms with E-state index in [2.05, 4.69) is 89.9 Å². The van der Waals surface area contributed by atoms with Gasteiger partial charge >= 0.3 is 0 Å². The molecule has 0 saturated heterocycles. The predicted octanol–water partition coefficient (Wildman–Crippen LogP) is 11.1. The van der Waals surface area contributed by atoms with E-state index >= 15 is 0 Å². The standard InChI is InChI=1S/C42H26N4S/c1-3-11-29(12-4-1)40-44-41(30-13-5-2-6-14-30)46-42(45-40)35-18-9-21-37-38(35)34-17-7-16-32(39(34)47-37)28-24-22-27(23-25-28)31-15-8-20-36-33(31)19-10-26-43-36/h1-26H. The molecule has 0 spiro atoms. The van der Waals surface area contributed by atoms with Gasteiger partial charge in [0.1, 0.15) is 0 Å². The topological polar surface area (TPSA) is 51.6 Å². The van der Waals surface area contributed by atoms with Crippen molar-refractivity contribution in [1.29, 1.82) is 0 Å². The minimum absolute atomic E-state index is 0.661. The second kappa shape index (κ2) is 11.4. The summed E-state index contributed by atoms with van der Waals surface area (Å²) in [6, 6.07) is 52.6. The fraction of sp³-hybridized carbons (Fsp3) is 0. The molecule has 0 bridgehead atoms. The Morgan fingerprint density at radius 3 is 1.68 bits per heavy atom. The quantitative estimate of drug-likeness (QED) is 0.193. The number of thiophene rings is 1. The van der Waals surface area contributed by atoms with E-state index in [1.54, 1.807) is 0 Å². The Kier molecular flexibility index (Phi) is 6.61. The van der Waals surface area contributed by atoms with Gasteiger partial charge in [-0.25, -0.2) is 15.0 Å². The van der Waals surface area contributed by atoms with Crippen LogP contribution < -0.4 is 0 Å². The van der Waals surface area contributed by atoms with Gasteiger partial charge in [-0.05, 0) is 40.5 Å². The largest absolute Gasteiger partial charge is 0.256 e. The Morgan fingerprint density at radius 1 is 0.383 bits per heavy atom. The molecular formula is C42H26N4S. The van der Waals surface area contributed by atoms with Crippen molar-refractivity contribution in [2.75, 3.05) is 0 Å². The molecule has 4 nitrogen and oxygen atoms in total. The van der Waals surface area contributed by atoms with Gasteiger partial charge in [0, 0.05) is 48.4 Å². The van der Waals surface area contributed by atoms with Crippen LogP contribution in [0.15, 0.2) is 158 Å². The van der Waals surface area contributed by atoms with Gasteiger partial charge in [-0.3, -0.25) is 4.98 Å². The Hall–Kier alpha value is -6.04. The molecule has 0 radical (unpaired) electrons. The lowest BCUT2D eigenvalue weighted by Gasteiger charge is -2.10. The molecule has 0 aliphatic heterocycles. The molecule has 0 amide bonds. The summed E-state index contributed by atoms with van der Waals surface area (Å²) in [7, 11) is 0. The zero-order chi connectivity index (χ0) is 31.2. The minimum atomic E-state index is 0.661. The minimum Gasteiger partial charge on any atom is -0.256 e. The molecule has 0 aliphatic carbocycles. The maximum Gasteiger partial charge on any atom is 0.164 e. The fourth-order valence-electron chi connectivity index (χ4n) is 6.37. The van der Waals surface area contributed by atoms with Crippen molar-refractivity contribution in [2.45, 2.75) is 0 Å². The van der Waals surface area contributed by atoms with Gasteiger partial charge in [-0.15, -0.1) is 11.3 Å². The van der Waals surface area contributed by atoms with Crippen molar-refractivity contribution >= 4 is 42.4 Å². The molecule has 0 saturated carbocycles. The van der Waals surface area contributed by atoms with Crippen LogP contribution in [0.5, 0.6) is 0 Å². The molecule has 3 aromatic heterocycles. The maximum absolute atomic E-state index is 5.05. The number of pyridine rings is 1. The number of hydrogen-bond acceptors (Lipinski definition) is 5. The number of fused-ring (bicyclic) bond motifs is 4. The van der Waals surface area contributed by atoms with Gasteiger partial charge in [-0.2, -0.15) is 0 Å². The van der Waals surface area contributed by atoms with Crippen LogP contribution in [0.25, 0.3) is 87.5 Å². The first-order chi connectivity index (χ1) is 23.3. The zero-order valence-electron chi connectivity index (χ0n) is 25.2. The van der Waals surface area contributed by atoms with E-state index in [0.29, 0.717) is 17.5 Å². The molecule has 0 unspecified atom stereocenters. The SMILES string of the molecule is c1ccc(-c2nc(-c3ccccc3)nc(-c3cccc4sc5c(-c6ccc(-c7cccc8ncccc78)cc6)cccc5c34)n2)cc1. The van der Waals surface area contributed by atoms with E-state index in [1.165, 1.54) is 42.4 Å². The third kappa shape index (κ3) is 4.85. The van der Waals surface area contributed by atoms with Crippen LogP contribution >= 0.6 is 11.3 Å². The van der Waals surface area contributed by atoms with E-state index in [4.69, 9.17) is 15.0 Å². The van der Waals surface area contributed by atoms with E-state index in [-0.39, 0.29) is 0 Å². The molecule has 0 atom stereocenters. The normalized spacial score (nSPS) is 11.4. The average molecular weight is 619 g/mol. The zero-order valence-corrected chi connectivity index (χ0v) is 26.0. The summed E-state index contributed by atoms with van der Waals surface area (Å²) in [5.41, 5.74) is 8.69. The molecule has 0 fully saturated rings. The van der Waals surface area contributed by atoms with Crippen LogP contribution in [0.4, 0.5) is 0 Å². The molecule has 6 aromatic carbocycles. The van der Waals surface area contributed by atoms with Crippen molar-refractivity contribution in [3.8, 4) is 56.4 Å². The highest BCUT2D eigenvalue weighted by atomic mass is 32.1. The van der Waals surface area contributed by atoms with E-state index < -0.39 is 0 Å². The summed E-state index contributed by atoms with van der Waals surface area (Å²) in [6.07, 6.45) is 1.84. The van der Waals surface area contributed by atoms with Gasteiger partial charge in [0.25, 0.3) is 0 Å². The van der Waals surface area contributed by atoms with E-state index in [1.807, 2.05) is 84.3 Å². The second-order valence-electron chi connectivity index (χ2n) is 11.5. The van der Waals surface area contributed by atoms with Crippen molar-refractivity contribution in [3.63, 3.8) is 0 Å². The summed E-state index contributed by atoms with van der Waals surface area (Å²) in [5, 5.41) is 3.52. The third-order valence-corrected chi connectivity index (χ3v) is 9.82. The maximum atomic E-state index is 5.05. The summed E-state index contributed by atoms with van der Waals surface area (Å²) < 4.78 is 2.45. The Balaban J connectivity index is 1.19. The molecular weight excluding hydrogens is 593 g/mol. The van der Waals surface area contributed by atoms with E-state index in [9.17, 15) is 0 Å². The van der Waals surface area contributed by atoms with Crippen LogP contribution in [-0.2, 0) is 0 Å². The van der Waals surface area contributed by atoms with Gasteiger partial charge in [0.05, 0.1) is 5.52 Å². The molecule has 220 valence electrons. The van der Waals surface area contributed by atoms with Gasteiger partial charge < -0.3 is 0 Å². The lowest BCUT2D eigenvalue weighted by Crippen LogP contribution is -2.00. The van der Waals surface area contributed by atoms with Gasteiger partial charge in [0.15, 0.2) is 17.5 Å². The van der Waals surface area contributed by atoms with Gasteiger partial charge in [-0.1, -0.05) is 133 Å². The van der Waals surface area contributed by atoms with Crippen molar-refractivity contribution in [2.24, 2.45) is 0 Å². The highest BCUT2D eigenvalue weighted by molar-refractivity contribution is 7.26. The number of nitrogens with zero attached hydrogens (tertiary/aromatic N) is 4. The third-order valence-electron chi connectivity index (χ3n) is 8.62. The summed E-state index contributed by atoms with van der Waals surface area (Å²) in [4.78, 5) is 19.6. The monoisotopic (exact) mass is 618 g/mol. The molecule has 3 heterocycles. The molecule has 9 aromatic rings. The first-order valence-corrected chi connectivity index (χ1v) is 16.4. The number of benzene rings is 6. The Bertz CT molecular complexity index is 2500. The summed E-state index contributed by atoms with van der Waals surface area (Å²) in [5.74, 6) is 1.99. The van der Waals surface area contributed by atoms with Crippen molar-refractivity contribution in [1.82, 2.24) is 19.9 Å². The lowest BCUT2D eigenvalue weighted by molar-refractivity contribution is 1.08.